The largest absolute Gasteiger partial charge is 0.341 e. The minimum absolute atomic E-state index is 0.115. The van der Waals surface area contributed by atoms with Crippen molar-refractivity contribution in [3.63, 3.8) is 0 Å². The highest BCUT2D eigenvalue weighted by molar-refractivity contribution is 5.91. The minimum Gasteiger partial charge on any atom is -0.341 e. The van der Waals surface area contributed by atoms with Crippen molar-refractivity contribution in [1.82, 2.24) is 19.4 Å². The maximum absolute atomic E-state index is 13.3. The van der Waals surface area contributed by atoms with E-state index in [0.29, 0.717) is 38.4 Å². The Morgan fingerprint density at radius 1 is 1.12 bits per heavy atom. The summed E-state index contributed by atoms with van der Waals surface area (Å²) in [5.74, 6) is 0.113. The number of rotatable bonds is 5. The Bertz CT molecular complexity index is 1120. The molecule has 1 aromatic heterocycles. The molecular weight excluding hydrogens is 400 g/mol. The highest BCUT2D eigenvalue weighted by atomic mass is 16.2. The predicted molar refractivity (Wildman–Crippen MR) is 125 cm³/mol. The second-order valence-electron chi connectivity index (χ2n) is 8.45. The Balaban J connectivity index is 1.60. The van der Waals surface area contributed by atoms with Gasteiger partial charge in [0.15, 0.2) is 5.82 Å². The topological polar surface area (TPSA) is 58.4 Å². The molecule has 1 aliphatic heterocycles. The van der Waals surface area contributed by atoms with Crippen molar-refractivity contribution in [2.45, 2.75) is 20.3 Å². The van der Waals surface area contributed by atoms with E-state index in [9.17, 15) is 9.59 Å². The quantitative estimate of drug-likeness (QED) is 0.622. The molecule has 2 heterocycles. The second-order valence-corrected chi connectivity index (χ2v) is 8.45. The van der Waals surface area contributed by atoms with Crippen LogP contribution in [0, 0.1) is 12.8 Å². The fourth-order valence-corrected chi connectivity index (χ4v) is 4.46. The van der Waals surface area contributed by atoms with E-state index in [4.69, 9.17) is 0 Å². The SMILES string of the molecule is CCN1CCN(C(=O)c2nccn2C)C[C@@H](Cc2cccc(-c3ccccc3C)c2)C1=O. The molecule has 1 saturated heterocycles. The lowest BCUT2D eigenvalue weighted by Crippen LogP contribution is -2.38. The van der Waals surface area contributed by atoms with Crippen LogP contribution in [0.5, 0.6) is 0 Å². The van der Waals surface area contributed by atoms with Crippen molar-refractivity contribution in [3.8, 4) is 11.1 Å². The number of aromatic nitrogens is 2. The van der Waals surface area contributed by atoms with Gasteiger partial charge < -0.3 is 14.4 Å². The molecule has 1 aliphatic rings. The van der Waals surface area contributed by atoms with Crippen LogP contribution in [0.15, 0.2) is 60.9 Å². The van der Waals surface area contributed by atoms with Crippen LogP contribution in [0.2, 0.25) is 0 Å². The number of carbonyl (C=O) groups excluding carboxylic acids is 2. The van der Waals surface area contributed by atoms with E-state index in [-0.39, 0.29) is 17.7 Å². The first-order valence-corrected chi connectivity index (χ1v) is 11.2. The molecule has 0 unspecified atom stereocenters. The predicted octanol–water partition coefficient (Wildman–Crippen LogP) is 3.56. The van der Waals surface area contributed by atoms with Gasteiger partial charge in [-0.3, -0.25) is 9.59 Å². The lowest BCUT2D eigenvalue weighted by molar-refractivity contribution is -0.134. The minimum atomic E-state index is -0.284. The number of likely N-dealkylation sites (N-methyl/N-ethyl adjacent to an activating group) is 1. The zero-order valence-electron chi connectivity index (χ0n) is 19.0. The van der Waals surface area contributed by atoms with Crippen LogP contribution in [0.3, 0.4) is 0 Å². The number of amides is 2. The molecule has 4 rings (SSSR count). The zero-order valence-corrected chi connectivity index (χ0v) is 19.0. The number of carbonyl (C=O) groups is 2. The van der Waals surface area contributed by atoms with Crippen molar-refractivity contribution in [2.24, 2.45) is 13.0 Å². The summed E-state index contributed by atoms with van der Waals surface area (Å²) >= 11 is 0. The van der Waals surface area contributed by atoms with Crippen LogP contribution >= 0.6 is 0 Å². The molecule has 6 nitrogen and oxygen atoms in total. The summed E-state index contributed by atoms with van der Waals surface area (Å²) in [5, 5.41) is 0. The number of imidazole rings is 1. The molecule has 0 radical (unpaired) electrons. The van der Waals surface area contributed by atoms with Crippen LogP contribution in [0.1, 0.15) is 28.7 Å². The monoisotopic (exact) mass is 430 g/mol. The Kier molecular flexibility index (Phi) is 6.40. The van der Waals surface area contributed by atoms with E-state index in [1.165, 1.54) is 11.1 Å². The zero-order chi connectivity index (χ0) is 22.7. The molecule has 3 aromatic rings. The third kappa shape index (κ3) is 4.44. The molecule has 2 aromatic carbocycles. The number of hydrogen-bond acceptors (Lipinski definition) is 3. The van der Waals surface area contributed by atoms with Gasteiger partial charge in [-0.15, -0.1) is 0 Å². The summed E-state index contributed by atoms with van der Waals surface area (Å²) in [5.41, 5.74) is 4.67. The van der Waals surface area contributed by atoms with Crippen LogP contribution in [0.4, 0.5) is 0 Å². The van der Waals surface area contributed by atoms with E-state index < -0.39 is 0 Å². The fraction of sp³-hybridized carbons (Fsp3) is 0.346. The van der Waals surface area contributed by atoms with E-state index in [2.05, 4.69) is 42.2 Å². The molecule has 0 bridgehead atoms. The summed E-state index contributed by atoms with van der Waals surface area (Å²) in [6.07, 6.45) is 3.99. The molecule has 166 valence electrons. The average molecular weight is 431 g/mol. The molecule has 1 fully saturated rings. The maximum atomic E-state index is 13.3. The van der Waals surface area contributed by atoms with Crippen molar-refractivity contribution in [3.05, 3.63) is 77.9 Å². The fourth-order valence-electron chi connectivity index (χ4n) is 4.46. The first-order chi connectivity index (χ1) is 15.5. The second kappa shape index (κ2) is 9.39. The van der Waals surface area contributed by atoms with Crippen LogP contribution in [-0.4, -0.2) is 57.3 Å². The lowest BCUT2D eigenvalue weighted by atomic mass is 9.93. The summed E-state index contributed by atoms with van der Waals surface area (Å²) < 4.78 is 1.73. The summed E-state index contributed by atoms with van der Waals surface area (Å²) in [7, 11) is 1.82. The normalized spacial score (nSPS) is 16.8. The summed E-state index contributed by atoms with van der Waals surface area (Å²) in [6.45, 7) is 6.20. The molecule has 0 saturated carbocycles. The van der Waals surface area contributed by atoms with E-state index in [1.54, 1.807) is 21.9 Å². The molecule has 0 N–H and O–H groups in total. The third-order valence-electron chi connectivity index (χ3n) is 6.29. The summed E-state index contributed by atoms with van der Waals surface area (Å²) in [6, 6.07) is 16.7. The molecule has 32 heavy (non-hydrogen) atoms. The molecule has 6 heteroatoms. The first-order valence-electron chi connectivity index (χ1n) is 11.2. The van der Waals surface area contributed by atoms with Crippen molar-refractivity contribution >= 4 is 11.8 Å². The van der Waals surface area contributed by atoms with Gasteiger partial charge in [0.25, 0.3) is 5.91 Å². The average Bonchev–Trinajstić information content (AvgIpc) is 3.16. The van der Waals surface area contributed by atoms with Crippen LogP contribution < -0.4 is 0 Å². The van der Waals surface area contributed by atoms with Gasteiger partial charge in [-0.25, -0.2) is 4.98 Å². The molecule has 1 atom stereocenters. The van der Waals surface area contributed by atoms with E-state index in [0.717, 1.165) is 11.1 Å². The van der Waals surface area contributed by atoms with Gasteiger partial charge in [0.1, 0.15) is 0 Å². The van der Waals surface area contributed by atoms with Gasteiger partial charge >= 0.3 is 0 Å². The highest BCUT2D eigenvalue weighted by Gasteiger charge is 2.33. The standard InChI is InChI=1S/C26H30N4O2/c1-4-29-14-15-30(26(32)24-27-12-13-28(24)3)18-22(25(29)31)17-20-9-7-10-21(16-20)23-11-6-5-8-19(23)2/h5-13,16,22H,4,14-15,17-18H2,1-3H3/t22-/m1/s1. The van der Waals surface area contributed by atoms with Gasteiger partial charge in [-0.1, -0.05) is 48.5 Å². The highest BCUT2D eigenvalue weighted by Crippen LogP contribution is 2.26. The number of benzene rings is 2. The molecular formula is C26H30N4O2. The van der Waals surface area contributed by atoms with Gasteiger partial charge in [0, 0.05) is 45.6 Å². The van der Waals surface area contributed by atoms with Crippen molar-refractivity contribution in [1.29, 1.82) is 0 Å². The van der Waals surface area contributed by atoms with Gasteiger partial charge in [0.2, 0.25) is 5.91 Å². The molecule has 0 spiro atoms. The van der Waals surface area contributed by atoms with Gasteiger partial charge in [0.05, 0.1) is 5.92 Å². The van der Waals surface area contributed by atoms with Crippen LogP contribution in [0.25, 0.3) is 11.1 Å². The van der Waals surface area contributed by atoms with Crippen molar-refractivity contribution < 1.29 is 9.59 Å². The molecule has 0 aliphatic carbocycles. The number of nitrogens with zero attached hydrogens (tertiary/aromatic N) is 4. The van der Waals surface area contributed by atoms with E-state index in [1.807, 2.05) is 37.1 Å². The Hall–Kier alpha value is -3.41. The van der Waals surface area contributed by atoms with Crippen LogP contribution in [-0.2, 0) is 18.3 Å². The van der Waals surface area contributed by atoms with E-state index >= 15 is 0 Å². The lowest BCUT2D eigenvalue weighted by Gasteiger charge is -2.23. The van der Waals surface area contributed by atoms with Gasteiger partial charge in [-0.2, -0.15) is 0 Å². The Morgan fingerprint density at radius 3 is 2.66 bits per heavy atom. The third-order valence-corrected chi connectivity index (χ3v) is 6.29. The number of hydrogen-bond donors (Lipinski definition) is 0. The Morgan fingerprint density at radius 2 is 1.94 bits per heavy atom. The smallest absolute Gasteiger partial charge is 0.289 e. The number of aryl methyl sites for hydroxylation is 2. The first kappa shape index (κ1) is 21.8. The summed E-state index contributed by atoms with van der Waals surface area (Å²) in [4.78, 5) is 34.3. The molecule has 2 amide bonds. The maximum Gasteiger partial charge on any atom is 0.289 e. The Labute approximate surface area is 189 Å². The van der Waals surface area contributed by atoms with Crippen molar-refractivity contribution in [2.75, 3.05) is 26.2 Å². The van der Waals surface area contributed by atoms with Gasteiger partial charge in [-0.05, 0) is 42.5 Å².